The predicted octanol–water partition coefficient (Wildman–Crippen LogP) is 2.17. The minimum Gasteiger partial charge on any atom is -0.468 e. The van der Waals surface area contributed by atoms with Gasteiger partial charge in [-0.3, -0.25) is 24.6 Å². The standard InChI is InChI=1S/C21H22N2O4S/c1-3-23-18(24)15-16(19(23)25)21(20(26)27-2,12-13-8-5-4-6-9-13)22-17(15)14-10-7-11-28-14/h4-11,15-17,22H,3,12H2,1-2H3/t15-,16-,17-,21-/m0/s1. The molecular weight excluding hydrogens is 376 g/mol. The van der Waals surface area contributed by atoms with Crippen LogP contribution < -0.4 is 5.32 Å². The Morgan fingerprint density at radius 3 is 2.54 bits per heavy atom. The van der Waals surface area contributed by atoms with Crippen molar-refractivity contribution in [2.45, 2.75) is 24.9 Å². The second kappa shape index (κ2) is 7.14. The highest BCUT2D eigenvalue weighted by atomic mass is 32.1. The highest BCUT2D eigenvalue weighted by molar-refractivity contribution is 7.10. The fraction of sp³-hybridized carbons (Fsp3) is 0.381. The van der Waals surface area contributed by atoms with Gasteiger partial charge in [-0.05, 0) is 23.9 Å². The van der Waals surface area contributed by atoms with Gasteiger partial charge in [0.05, 0.1) is 25.0 Å². The molecule has 4 rings (SSSR count). The van der Waals surface area contributed by atoms with Crippen molar-refractivity contribution >= 4 is 29.1 Å². The van der Waals surface area contributed by atoms with E-state index in [1.165, 1.54) is 23.3 Å². The summed E-state index contributed by atoms with van der Waals surface area (Å²) in [6.07, 6.45) is 0.278. The molecule has 0 saturated carbocycles. The van der Waals surface area contributed by atoms with Crippen LogP contribution >= 0.6 is 11.3 Å². The number of rotatable bonds is 5. The molecule has 0 aliphatic carbocycles. The van der Waals surface area contributed by atoms with Gasteiger partial charge in [0.2, 0.25) is 11.8 Å². The van der Waals surface area contributed by atoms with Crippen LogP contribution in [0.3, 0.4) is 0 Å². The average molecular weight is 398 g/mol. The first-order valence-electron chi connectivity index (χ1n) is 9.32. The van der Waals surface area contributed by atoms with Gasteiger partial charge in [-0.15, -0.1) is 11.3 Å². The number of carbonyl (C=O) groups excluding carboxylic acids is 3. The molecule has 146 valence electrons. The van der Waals surface area contributed by atoms with E-state index in [0.717, 1.165) is 10.4 Å². The maximum atomic E-state index is 13.2. The molecule has 28 heavy (non-hydrogen) atoms. The van der Waals surface area contributed by atoms with E-state index in [1.807, 2.05) is 47.8 Å². The smallest absolute Gasteiger partial charge is 0.327 e. The number of fused-ring (bicyclic) bond motifs is 1. The molecule has 6 nitrogen and oxygen atoms in total. The Kier molecular flexibility index (Phi) is 4.81. The minimum atomic E-state index is -1.29. The number of nitrogens with zero attached hydrogens (tertiary/aromatic N) is 1. The number of nitrogens with one attached hydrogen (secondary N) is 1. The fourth-order valence-electron chi connectivity index (χ4n) is 4.61. The number of ether oxygens (including phenoxy) is 1. The normalized spacial score (nSPS) is 29.2. The molecule has 0 spiro atoms. The molecule has 2 aliphatic rings. The lowest BCUT2D eigenvalue weighted by Crippen LogP contribution is -2.57. The van der Waals surface area contributed by atoms with Crippen molar-refractivity contribution in [2.75, 3.05) is 13.7 Å². The van der Waals surface area contributed by atoms with E-state index >= 15 is 0 Å². The van der Waals surface area contributed by atoms with Crippen molar-refractivity contribution < 1.29 is 19.1 Å². The Morgan fingerprint density at radius 1 is 1.18 bits per heavy atom. The average Bonchev–Trinajstić information content (AvgIpc) is 3.40. The van der Waals surface area contributed by atoms with Crippen molar-refractivity contribution in [3.63, 3.8) is 0 Å². The molecule has 1 N–H and O–H groups in total. The first kappa shape index (κ1) is 18.8. The summed E-state index contributed by atoms with van der Waals surface area (Å²) in [5, 5.41) is 5.31. The molecule has 2 aromatic rings. The second-order valence-electron chi connectivity index (χ2n) is 7.19. The van der Waals surface area contributed by atoms with Gasteiger partial charge in [-0.1, -0.05) is 36.4 Å². The highest BCUT2D eigenvalue weighted by Gasteiger charge is 2.68. The van der Waals surface area contributed by atoms with E-state index in [4.69, 9.17) is 4.74 Å². The quantitative estimate of drug-likeness (QED) is 0.617. The van der Waals surface area contributed by atoms with Gasteiger partial charge >= 0.3 is 5.97 Å². The van der Waals surface area contributed by atoms with Crippen molar-refractivity contribution in [3.05, 3.63) is 58.3 Å². The lowest BCUT2D eigenvalue weighted by molar-refractivity contribution is -0.154. The number of likely N-dealkylation sites (tertiary alicyclic amines) is 1. The summed E-state index contributed by atoms with van der Waals surface area (Å²) in [7, 11) is 1.32. The Labute approximate surface area is 167 Å². The molecule has 1 aromatic heterocycles. The molecule has 3 heterocycles. The van der Waals surface area contributed by atoms with E-state index in [-0.39, 0.29) is 18.2 Å². The number of amides is 2. The number of hydrogen-bond acceptors (Lipinski definition) is 6. The number of esters is 1. The molecule has 2 amide bonds. The number of carbonyl (C=O) groups is 3. The van der Waals surface area contributed by atoms with E-state index < -0.39 is 29.4 Å². The summed E-state index contributed by atoms with van der Waals surface area (Å²) in [6.45, 7) is 2.08. The third-order valence-electron chi connectivity index (χ3n) is 5.79. The summed E-state index contributed by atoms with van der Waals surface area (Å²) >= 11 is 1.51. The Hall–Kier alpha value is -2.51. The second-order valence-corrected chi connectivity index (χ2v) is 8.17. The molecule has 2 fully saturated rings. The summed E-state index contributed by atoms with van der Waals surface area (Å²) in [5.74, 6) is -2.44. The van der Waals surface area contributed by atoms with Crippen LogP contribution in [0.5, 0.6) is 0 Å². The number of methoxy groups -OCH3 is 1. The number of hydrogen-bond donors (Lipinski definition) is 1. The van der Waals surface area contributed by atoms with Crippen LogP contribution in [0.2, 0.25) is 0 Å². The minimum absolute atomic E-state index is 0.220. The van der Waals surface area contributed by atoms with E-state index in [2.05, 4.69) is 5.32 Å². The van der Waals surface area contributed by atoms with Gasteiger partial charge in [0.15, 0.2) is 0 Å². The van der Waals surface area contributed by atoms with Crippen LogP contribution in [0.1, 0.15) is 23.4 Å². The van der Waals surface area contributed by atoms with Gasteiger partial charge in [0.1, 0.15) is 5.54 Å². The van der Waals surface area contributed by atoms with Crippen LogP contribution in [0.4, 0.5) is 0 Å². The third kappa shape index (κ3) is 2.69. The monoisotopic (exact) mass is 398 g/mol. The SMILES string of the molecule is CCN1C(=O)[C@H]2[C@@H](C1=O)[C@@](Cc1ccccc1)(C(=O)OC)N[C@H]2c1cccs1. The summed E-state index contributed by atoms with van der Waals surface area (Å²) in [6, 6.07) is 13.0. The van der Waals surface area contributed by atoms with Gasteiger partial charge in [0.25, 0.3) is 0 Å². The zero-order chi connectivity index (χ0) is 19.9. The predicted molar refractivity (Wildman–Crippen MR) is 104 cm³/mol. The summed E-state index contributed by atoms with van der Waals surface area (Å²) in [4.78, 5) is 41.6. The Morgan fingerprint density at radius 2 is 1.93 bits per heavy atom. The molecule has 1 aromatic carbocycles. The molecule has 7 heteroatoms. The van der Waals surface area contributed by atoms with E-state index in [0.29, 0.717) is 6.54 Å². The van der Waals surface area contributed by atoms with Crippen LogP contribution in [0.15, 0.2) is 47.8 Å². The highest BCUT2D eigenvalue weighted by Crippen LogP contribution is 2.50. The molecule has 2 aliphatic heterocycles. The van der Waals surface area contributed by atoms with Crippen molar-refractivity contribution in [1.82, 2.24) is 10.2 Å². The van der Waals surface area contributed by atoms with Crippen LogP contribution in [-0.2, 0) is 25.5 Å². The fourth-order valence-corrected chi connectivity index (χ4v) is 5.43. The molecular formula is C21H22N2O4S. The largest absolute Gasteiger partial charge is 0.468 e. The molecule has 0 unspecified atom stereocenters. The Balaban J connectivity index is 1.86. The van der Waals surface area contributed by atoms with Gasteiger partial charge < -0.3 is 4.74 Å². The van der Waals surface area contributed by atoms with Crippen molar-refractivity contribution in [1.29, 1.82) is 0 Å². The van der Waals surface area contributed by atoms with Crippen LogP contribution in [-0.4, -0.2) is 41.9 Å². The summed E-state index contributed by atoms with van der Waals surface area (Å²) in [5.41, 5.74) is -0.382. The van der Waals surface area contributed by atoms with E-state index in [9.17, 15) is 14.4 Å². The lowest BCUT2D eigenvalue weighted by Gasteiger charge is -2.32. The van der Waals surface area contributed by atoms with Gasteiger partial charge in [0, 0.05) is 17.8 Å². The molecule has 0 radical (unpaired) electrons. The van der Waals surface area contributed by atoms with Gasteiger partial charge in [-0.25, -0.2) is 0 Å². The molecule has 4 atom stereocenters. The maximum absolute atomic E-state index is 13.2. The topological polar surface area (TPSA) is 75.7 Å². The summed E-state index contributed by atoms with van der Waals surface area (Å²) < 4.78 is 5.16. The number of benzene rings is 1. The zero-order valence-electron chi connectivity index (χ0n) is 15.8. The molecule has 0 bridgehead atoms. The number of imide groups is 1. The van der Waals surface area contributed by atoms with E-state index in [1.54, 1.807) is 6.92 Å². The first-order chi connectivity index (χ1) is 13.5. The maximum Gasteiger partial charge on any atom is 0.327 e. The van der Waals surface area contributed by atoms with Crippen molar-refractivity contribution in [2.24, 2.45) is 11.8 Å². The van der Waals surface area contributed by atoms with Crippen LogP contribution in [0.25, 0.3) is 0 Å². The van der Waals surface area contributed by atoms with Crippen molar-refractivity contribution in [3.8, 4) is 0 Å². The number of thiophene rings is 1. The Bertz CT molecular complexity index is 898. The zero-order valence-corrected chi connectivity index (χ0v) is 16.6. The van der Waals surface area contributed by atoms with Gasteiger partial charge in [-0.2, -0.15) is 0 Å². The molecule has 2 saturated heterocycles. The first-order valence-corrected chi connectivity index (χ1v) is 10.2. The third-order valence-corrected chi connectivity index (χ3v) is 6.74. The van der Waals surface area contributed by atoms with Crippen LogP contribution in [0, 0.1) is 11.8 Å². The lowest BCUT2D eigenvalue weighted by atomic mass is 9.76.